The Morgan fingerprint density at radius 3 is 2.21 bits per heavy atom. The second kappa shape index (κ2) is 7.93. The number of methoxy groups -OCH3 is 2. The van der Waals surface area contributed by atoms with Gasteiger partial charge in [0.2, 0.25) is 0 Å². The maximum absolute atomic E-state index is 5.31. The molecule has 0 aromatic heterocycles. The number of nitrogens with one attached hydrogen (secondary N) is 1. The second-order valence-corrected chi connectivity index (χ2v) is 7.21. The molecular formula is C24H26N2O2. The number of nitrogens with zero attached hydrogens (tertiary/aromatic N) is 1. The van der Waals surface area contributed by atoms with Crippen LogP contribution in [0.15, 0.2) is 70.4 Å². The quantitative estimate of drug-likeness (QED) is 0.791. The monoisotopic (exact) mass is 374 g/mol. The van der Waals surface area contributed by atoms with E-state index in [1.54, 1.807) is 14.2 Å². The molecule has 4 heteroatoms. The summed E-state index contributed by atoms with van der Waals surface area (Å²) in [5, 5.41) is 3.55. The minimum absolute atomic E-state index is 0.0710. The van der Waals surface area contributed by atoms with Gasteiger partial charge in [0.15, 0.2) is 0 Å². The highest BCUT2D eigenvalue weighted by Gasteiger charge is 2.28. The van der Waals surface area contributed by atoms with Crippen LogP contribution >= 0.6 is 0 Å². The van der Waals surface area contributed by atoms with Crippen LogP contribution in [0.25, 0.3) is 6.08 Å². The van der Waals surface area contributed by atoms with Gasteiger partial charge in [0, 0.05) is 5.70 Å². The van der Waals surface area contributed by atoms with Crippen molar-refractivity contribution in [3.05, 3.63) is 76.5 Å². The first kappa shape index (κ1) is 18.4. The van der Waals surface area contributed by atoms with Gasteiger partial charge in [-0.15, -0.1) is 0 Å². The molecule has 1 aliphatic heterocycles. The zero-order valence-corrected chi connectivity index (χ0v) is 16.7. The summed E-state index contributed by atoms with van der Waals surface area (Å²) >= 11 is 0. The third-order valence-corrected chi connectivity index (χ3v) is 5.38. The number of hydrogen-bond donors (Lipinski definition) is 1. The van der Waals surface area contributed by atoms with Crippen LogP contribution in [-0.2, 0) is 0 Å². The van der Waals surface area contributed by atoms with Crippen molar-refractivity contribution >= 4 is 11.9 Å². The molecule has 0 bridgehead atoms. The van der Waals surface area contributed by atoms with Crippen molar-refractivity contribution in [1.29, 1.82) is 0 Å². The Kier molecular flexibility index (Phi) is 5.20. The maximum atomic E-state index is 5.31. The largest absolute Gasteiger partial charge is 0.497 e. The van der Waals surface area contributed by atoms with Gasteiger partial charge in [-0.25, -0.2) is 0 Å². The van der Waals surface area contributed by atoms with Gasteiger partial charge < -0.3 is 14.8 Å². The summed E-state index contributed by atoms with van der Waals surface area (Å²) in [6.07, 6.45) is 5.56. The normalized spacial score (nSPS) is 20.3. The Hall–Kier alpha value is -3.01. The fourth-order valence-corrected chi connectivity index (χ4v) is 3.95. The minimum Gasteiger partial charge on any atom is -0.497 e. The highest BCUT2D eigenvalue weighted by Crippen LogP contribution is 2.41. The van der Waals surface area contributed by atoms with Crippen molar-refractivity contribution in [3.8, 4) is 11.5 Å². The molecular weight excluding hydrogens is 348 g/mol. The smallest absolute Gasteiger partial charge is 0.118 e. The van der Waals surface area contributed by atoms with Crippen LogP contribution in [0.3, 0.4) is 0 Å². The lowest BCUT2D eigenvalue weighted by Crippen LogP contribution is -2.30. The van der Waals surface area contributed by atoms with Crippen LogP contribution in [0.1, 0.15) is 43.4 Å². The number of ether oxygens (including phenoxy) is 2. The van der Waals surface area contributed by atoms with E-state index < -0.39 is 0 Å². The van der Waals surface area contributed by atoms with Crippen LogP contribution in [-0.4, -0.2) is 20.1 Å². The molecule has 28 heavy (non-hydrogen) atoms. The summed E-state index contributed by atoms with van der Waals surface area (Å²) in [5.41, 5.74) is 6.36. The Morgan fingerprint density at radius 2 is 1.57 bits per heavy atom. The summed E-state index contributed by atoms with van der Waals surface area (Å²) < 4.78 is 10.6. The highest BCUT2D eigenvalue weighted by molar-refractivity contribution is 5.85. The van der Waals surface area contributed by atoms with E-state index >= 15 is 0 Å². The number of hydrogen-bond acceptors (Lipinski definition) is 4. The van der Waals surface area contributed by atoms with Crippen LogP contribution in [0, 0.1) is 0 Å². The van der Waals surface area contributed by atoms with E-state index in [0.717, 1.165) is 36.6 Å². The van der Waals surface area contributed by atoms with Crippen LogP contribution < -0.4 is 14.8 Å². The average Bonchev–Trinajstić information content (AvgIpc) is 2.74. The van der Waals surface area contributed by atoms with Gasteiger partial charge >= 0.3 is 0 Å². The third kappa shape index (κ3) is 3.68. The summed E-state index contributed by atoms with van der Waals surface area (Å²) in [5.74, 6) is 2.71. The maximum Gasteiger partial charge on any atom is 0.118 e. The predicted octanol–water partition coefficient (Wildman–Crippen LogP) is 5.29. The molecule has 0 spiro atoms. The number of allylic oxidation sites excluding steroid dienone is 1. The van der Waals surface area contributed by atoms with Crippen molar-refractivity contribution in [1.82, 2.24) is 5.32 Å². The molecule has 0 saturated carbocycles. The molecule has 1 unspecified atom stereocenters. The van der Waals surface area contributed by atoms with Crippen LogP contribution in [0.4, 0.5) is 0 Å². The van der Waals surface area contributed by atoms with Crippen LogP contribution in [0.5, 0.6) is 11.5 Å². The van der Waals surface area contributed by atoms with Crippen molar-refractivity contribution < 1.29 is 9.47 Å². The van der Waals surface area contributed by atoms with Gasteiger partial charge in [0.05, 0.1) is 20.1 Å². The summed E-state index contributed by atoms with van der Waals surface area (Å²) in [4.78, 5) is 4.92. The molecule has 1 heterocycles. The Bertz CT molecular complexity index is 938. The number of rotatable bonds is 4. The van der Waals surface area contributed by atoms with Crippen molar-refractivity contribution in [3.63, 3.8) is 0 Å². The minimum atomic E-state index is 0.0710. The molecule has 144 valence electrons. The van der Waals surface area contributed by atoms with E-state index in [-0.39, 0.29) is 6.04 Å². The highest BCUT2D eigenvalue weighted by atomic mass is 16.5. The number of aliphatic imine (C=N–C) groups is 1. The number of amidine groups is 1. The molecule has 2 aliphatic rings. The lowest BCUT2D eigenvalue weighted by molar-refractivity contribution is 0.414. The molecule has 2 aromatic carbocycles. The molecule has 0 amide bonds. The summed E-state index contributed by atoms with van der Waals surface area (Å²) in [6, 6.07) is 16.6. The van der Waals surface area contributed by atoms with Crippen LogP contribution in [0.2, 0.25) is 0 Å². The van der Waals surface area contributed by atoms with E-state index in [4.69, 9.17) is 14.5 Å². The van der Waals surface area contributed by atoms with E-state index in [9.17, 15) is 0 Å². The van der Waals surface area contributed by atoms with E-state index in [1.165, 1.54) is 28.0 Å². The summed E-state index contributed by atoms with van der Waals surface area (Å²) in [6.45, 7) is 2.04. The lowest BCUT2D eigenvalue weighted by Gasteiger charge is -2.32. The molecule has 1 aliphatic carbocycles. The van der Waals surface area contributed by atoms with Crippen molar-refractivity contribution in [2.45, 2.75) is 32.2 Å². The van der Waals surface area contributed by atoms with Crippen molar-refractivity contribution in [2.75, 3.05) is 14.2 Å². The van der Waals surface area contributed by atoms with E-state index in [1.807, 2.05) is 31.2 Å². The predicted molar refractivity (Wildman–Crippen MR) is 114 cm³/mol. The molecule has 0 saturated heterocycles. The van der Waals surface area contributed by atoms with Gasteiger partial charge in [-0.1, -0.05) is 24.3 Å². The Morgan fingerprint density at radius 1 is 0.929 bits per heavy atom. The standard InChI is InChI=1S/C24H26N2O2/c1-16-25-23(18-9-13-21(28-3)14-10-18)22-6-4-5-19(24(22)26-16)15-17-7-11-20(27-2)12-8-17/h7-15,23H,4-6H2,1-3H3,(H,25,26)/b19-15+. The fourth-order valence-electron chi connectivity index (χ4n) is 3.95. The van der Waals surface area contributed by atoms with Gasteiger partial charge in [0.1, 0.15) is 17.5 Å². The van der Waals surface area contributed by atoms with E-state index in [2.05, 4.69) is 35.7 Å². The van der Waals surface area contributed by atoms with Gasteiger partial charge in [-0.3, -0.25) is 4.99 Å². The van der Waals surface area contributed by atoms with Crippen molar-refractivity contribution in [2.24, 2.45) is 4.99 Å². The Balaban J connectivity index is 1.70. The average molecular weight is 374 g/mol. The SMILES string of the molecule is COc1ccc(/C=C2\CCCC3=C2NC(C)=NC3c2ccc(OC)cc2)cc1. The molecule has 2 aromatic rings. The molecule has 4 rings (SSSR count). The lowest BCUT2D eigenvalue weighted by atomic mass is 9.83. The molecule has 4 nitrogen and oxygen atoms in total. The molecule has 0 fully saturated rings. The zero-order chi connectivity index (χ0) is 19.5. The molecule has 0 radical (unpaired) electrons. The number of benzene rings is 2. The second-order valence-electron chi connectivity index (χ2n) is 7.21. The third-order valence-electron chi connectivity index (χ3n) is 5.38. The van der Waals surface area contributed by atoms with Gasteiger partial charge in [-0.2, -0.15) is 0 Å². The first-order valence-corrected chi connectivity index (χ1v) is 9.71. The van der Waals surface area contributed by atoms with Gasteiger partial charge in [-0.05, 0) is 78.8 Å². The molecule has 1 atom stereocenters. The zero-order valence-electron chi connectivity index (χ0n) is 16.7. The first-order chi connectivity index (χ1) is 13.7. The first-order valence-electron chi connectivity index (χ1n) is 9.71. The Labute approximate surface area is 166 Å². The van der Waals surface area contributed by atoms with E-state index in [0.29, 0.717) is 0 Å². The summed E-state index contributed by atoms with van der Waals surface area (Å²) in [7, 11) is 3.39. The topological polar surface area (TPSA) is 42.8 Å². The fraction of sp³-hybridized carbons (Fsp3) is 0.292. The van der Waals surface area contributed by atoms with Gasteiger partial charge in [0.25, 0.3) is 0 Å². The molecule has 1 N–H and O–H groups in total.